The van der Waals surface area contributed by atoms with Gasteiger partial charge in [-0.15, -0.1) is 0 Å². The second-order valence-corrected chi connectivity index (χ2v) is 2.88. The molecule has 2 heterocycles. The molecule has 0 saturated heterocycles. The van der Waals surface area contributed by atoms with Crippen molar-refractivity contribution in [2.45, 2.75) is 19.3 Å². The van der Waals surface area contributed by atoms with Crippen LogP contribution < -0.4 is 10.3 Å². The van der Waals surface area contributed by atoms with Crippen LogP contribution in [0.4, 0.5) is 0 Å². The third-order valence-electron chi connectivity index (χ3n) is 2.14. The van der Waals surface area contributed by atoms with Gasteiger partial charge in [0.2, 0.25) is 0 Å². The van der Waals surface area contributed by atoms with Crippen LogP contribution in [0.5, 0.6) is 0 Å². The van der Waals surface area contributed by atoms with E-state index in [2.05, 4.69) is 16.5 Å². The van der Waals surface area contributed by atoms with Gasteiger partial charge in [-0.1, -0.05) is 0 Å². The summed E-state index contributed by atoms with van der Waals surface area (Å²) < 4.78 is 0. The van der Waals surface area contributed by atoms with Gasteiger partial charge in [0.05, 0.1) is 0 Å². The molecule has 0 atom stereocenters. The Hall–Kier alpha value is -0.790. The fourth-order valence-electron chi connectivity index (χ4n) is 1.58. The van der Waals surface area contributed by atoms with Crippen LogP contribution in [0, 0.1) is 0 Å². The lowest BCUT2D eigenvalue weighted by atomic mass is 10.0. The summed E-state index contributed by atoms with van der Waals surface area (Å²) >= 11 is 0. The number of hydrogen-bond acceptors (Lipinski definition) is 1. The molecule has 0 unspecified atom stereocenters. The molecular formula is C8H13N2+. The van der Waals surface area contributed by atoms with Crippen LogP contribution in [0.25, 0.3) is 0 Å². The van der Waals surface area contributed by atoms with Crippen molar-refractivity contribution >= 4 is 6.21 Å². The SMILES string of the molecule is C1=[NH+]CCC2=C1CCCN2. The van der Waals surface area contributed by atoms with Gasteiger partial charge in [-0.25, -0.2) is 4.99 Å². The van der Waals surface area contributed by atoms with Gasteiger partial charge in [0.15, 0.2) is 6.21 Å². The van der Waals surface area contributed by atoms with E-state index in [-0.39, 0.29) is 0 Å². The maximum atomic E-state index is 3.43. The van der Waals surface area contributed by atoms with E-state index in [0.29, 0.717) is 0 Å². The highest BCUT2D eigenvalue weighted by atomic mass is 14.9. The third-order valence-corrected chi connectivity index (χ3v) is 2.14. The predicted molar refractivity (Wildman–Crippen MR) is 40.8 cm³/mol. The van der Waals surface area contributed by atoms with E-state index in [1.165, 1.54) is 37.1 Å². The maximum Gasteiger partial charge on any atom is 0.166 e. The first-order chi connectivity index (χ1) is 4.97. The average molecular weight is 137 g/mol. The number of nitrogens with one attached hydrogen (secondary N) is 2. The van der Waals surface area contributed by atoms with E-state index in [1.54, 1.807) is 0 Å². The molecule has 0 aromatic heterocycles. The minimum Gasteiger partial charge on any atom is -0.388 e. The summed E-state index contributed by atoms with van der Waals surface area (Å²) in [6.07, 6.45) is 5.89. The number of hydrogen-bond donors (Lipinski definition) is 2. The highest BCUT2D eigenvalue weighted by Crippen LogP contribution is 2.14. The van der Waals surface area contributed by atoms with Crippen LogP contribution in [0.1, 0.15) is 19.3 Å². The molecule has 54 valence electrons. The molecule has 0 bridgehead atoms. The lowest BCUT2D eigenvalue weighted by Gasteiger charge is -2.19. The first kappa shape index (κ1) is 5.96. The molecule has 2 heteroatoms. The van der Waals surface area contributed by atoms with Crippen molar-refractivity contribution in [2.75, 3.05) is 13.1 Å². The lowest BCUT2D eigenvalue weighted by Crippen LogP contribution is -2.71. The molecule has 0 saturated carbocycles. The van der Waals surface area contributed by atoms with E-state index < -0.39 is 0 Å². The molecule has 10 heavy (non-hydrogen) atoms. The fraction of sp³-hybridized carbons (Fsp3) is 0.625. The third kappa shape index (κ3) is 0.939. The molecule has 0 radical (unpaired) electrons. The molecule has 0 aromatic carbocycles. The molecule has 2 aliphatic heterocycles. The van der Waals surface area contributed by atoms with Crippen molar-refractivity contribution in [1.29, 1.82) is 0 Å². The van der Waals surface area contributed by atoms with Crippen LogP contribution in [0.15, 0.2) is 11.3 Å². The zero-order valence-corrected chi connectivity index (χ0v) is 6.11. The fourth-order valence-corrected chi connectivity index (χ4v) is 1.58. The van der Waals surface area contributed by atoms with E-state index >= 15 is 0 Å². The molecule has 2 aliphatic rings. The molecule has 2 nitrogen and oxygen atoms in total. The van der Waals surface area contributed by atoms with Gasteiger partial charge in [-0.2, -0.15) is 0 Å². The lowest BCUT2D eigenvalue weighted by molar-refractivity contribution is -0.452. The largest absolute Gasteiger partial charge is 0.388 e. The van der Waals surface area contributed by atoms with Crippen molar-refractivity contribution in [2.24, 2.45) is 0 Å². The zero-order valence-electron chi connectivity index (χ0n) is 6.11. The van der Waals surface area contributed by atoms with Gasteiger partial charge >= 0.3 is 0 Å². The first-order valence-electron chi connectivity index (χ1n) is 3.99. The maximum absolute atomic E-state index is 3.43. The second-order valence-electron chi connectivity index (χ2n) is 2.88. The van der Waals surface area contributed by atoms with Gasteiger partial charge < -0.3 is 5.32 Å². The van der Waals surface area contributed by atoms with Crippen molar-refractivity contribution in [3.05, 3.63) is 11.3 Å². The quantitative estimate of drug-likeness (QED) is 0.448. The minimum absolute atomic E-state index is 1.10. The summed E-state index contributed by atoms with van der Waals surface area (Å²) in [7, 11) is 0. The van der Waals surface area contributed by atoms with E-state index in [1.807, 2.05) is 0 Å². The Labute approximate surface area is 61.0 Å². The standard InChI is InChI=1S/C8H12N2/c1-2-7-6-9-5-3-8(7)10-4-1/h6,10H,1-5H2/p+1. The second kappa shape index (κ2) is 2.45. The number of rotatable bonds is 0. The van der Waals surface area contributed by atoms with Gasteiger partial charge in [0.1, 0.15) is 6.54 Å². The van der Waals surface area contributed by atoms with Gasteiger partial charge in [-0.05, 0) is 12.8 Å². The molecule has 0 fully saturated rings. The average Bonchev–Trinajstić information content (AvgIpc) is 2.05. The summed E-state index contributed by atoms with van der Waals surface area (Å²) in [6.45, 7) is 2.28. The van der Waals surface area contributed by atoms with Crippen LogP contribution in [0.2, 0.25) is 0 Å². The first-order valence-corrected chi connectivity index (χ1v) is 3.99. The summed E-state index contributed by atoms with van der Waals surface area (Å²) in [4.78, 5) is 3.26. The van der Waals surface area contributed by atoms with Crippen LogP contribution in [0.3, 0.4) is 0 Å². The molecule has 2 N–H and O–H groups in total. The Kier molecular flexibility index (Phi) is 1.46. The van der Waals surface area contributed by atoms with Gasteiger partial charge in [-0.3, -0.25) is 0 Å². The van der Waals surface area contributed by atoms with E-state index in [0.717, 1.165) is 6.54 Å². The van der Waals surface area contributed by atoms with Crippen molar-refractivity contribution in [3.63, 3.8) is 0 Å². The molecular weight excluding hydrogens is 124 g/mol. The van der Waals surface area contributed by atoms with E-state index in [9.17, 15) is 0 Å². The van der Waals surface area contributed by atoms with Gasteiger partial charge in [0.25, 0.3) is 0 Å². The zero-order chi connectivity index (χ0) is 6.81. The van der Waals surface area contributed by atoms with E-state index in [4.69, 9.17) is 0 Å². The molecule has 0 aromatic rings. The highest BCUT2D eigenvalue weighted by Gasteiger charge is 2.15. The number of allylic oxidation sites excluding steroid dienone is 1. The predicted octanol–water partition coefficient (Wildman–Crippen LogP) is -0.821. The summed E-state index contributed by atoms with van der Waals surface area (Å²) in [5.74, 6) is 0. The van der Waals surface area contributed by atoms with Crippen molar-refractivity contribution in [1.82, 2.24) is 5.32 Å². The molecule has 0 amide bonds. The Morgan fingerprint density at radius 1 is 1.40 bits per heavy atom. The van der Waals surface area contributed by atoms with Crippen molar-refractivity contribution in [3.8, 4) is 0 Å². The van der Waals surface area contributed by atoms with Gasteiger partial charge in [0, 0.05) is 24.2 Å². The molecule has 2 rings (SSSR count). The van der Waals surface area contributed by atoms with Crippen molar-refractivity contribution < 1.29 is 4.99 Å². The molecule has 0 aliphatic carbocycles. The highest BCUT2D eigenvalue weighted by molar-refractivity contribution is 5.75. The minimum atomic E-state index is 1.10. The topological polar surface area (TPSA) is 26.0 Å². The Bertz CT molecular complexity index is 191. The summed E-state index contributed by atoms with van der Waals surface area (Å²) in [6, 6.07) is 0. The van der Waals surface area contributed by atoms with Crippen LogP contribution >= 0.6 is 0 Å². The monoisotopic (exact) mass is 137 g/mol. The Morgan fingerprint density at radius 2 is 2.40 bits per heavy atom. The van der Waals surface area contributed by atoms with Crippen LogP contribution in [-0.2, 0) is 0 Å². The summed E-state index contributed by atoms with van der Waals surface area (Å²) in [5.41, 5.74) is 2.97. The Morgan fingerprint density at radius 3 is 3.30 bits per heavy atom. The Balaban J connectivity index is 2.23. The normalized spacial score (nSPS) is 24.0. The smallest absolute Gasteiger partial charge is 0.166 e. The van der Waals surface area contributed by atoms with Crippen LogP contribution in [-0.4, -0.2) is 19.3 Å². The summed E-state index contributed by atoms with van der Waals surface area (Å²) in [5, 5.41) is 3.43. The molecule has 0 spiro atoms.